The van der Waals surface area contributed by atoms with Crippen LogP contribution in [0, 0.1) is 0 Å². The van der Waals surface area contributed by atoms with Crippen molar-refractivity contribution in [2.45, 2.75) is 6.92 Å². The third kappa shape index (κ3) is 3.21. The molecule has 1 rings (SSSR count). The fourth-order valence-corrected chi connectivity index (χ4v) is 0.837. The molecule has 1 N–H and O–H groups in total. The van der Waals surface area contributed by atoms with Gasteiger partial charge in [0.15, 0.2) is 0 Å². The smallest absolute Gasteiger partial charge is 0.250 e. The van der Waals surface area contributed by atoms with Gasteiger partial charge in [0.25, 0.3) is 0 Å². The van der Waals surface area contributed by atoms with E-state index in [2.05, 4.69) is 15.3 Å². The minimum atomic E-state index is -0.273. The molecule has 13 heavy (non-hydrogen) atoms. The number of carbonyl (C=O) groups is 1. The number of carbonyl (C=O) groups excluding carboxylic acids is 1. The summed E-state index contributed by atoms with van der Waals surface area (Å²) in [5.74, 6) is -0.0691. The van der Waals surface area contributed by atoms with Crippen LogP contribution in [0.3, 0.4) is 0 Å². The van der Waals surface area contributed by atoms with Crippen LogP contribution >= 0.6 is 11.6 Å². The molecule has 0 aromatic carbocycles. The largest absolute Gasteiger partial charge is 0.291 e. The van der Waals surface area contributed by atoms with Gasteiger partial charge in [-0.2, -0.15) is 0 Å². The molecule has 0 bridgehead atoms. The van der Waals surface area contributed by atoms with E-state index in [9.17, 15) is 4.79 Å². The lowest BCUT2D eigenvalue weighted by Crippen LogP contribution is -2.10. The van der Waals surface area contributed by atoms with Gasteiger partial charge in [-0.25, -0.2) is 9.97 Å². The van der Waals surface area contributed by atoms with E-state index in [1.807, 2.05) is 0 Å². The first-order chi connectivity index (χ1) is 6.22. The second-order valence-electron chi connectivity index (χ2n) is 2.19. The summed E-state index contributed by atoms with van der Waals surface area (Å²) in [5, 5.41) is 2.75. The first-order valence-electron chi connectivity index (χ1n) is 3.64. The first kappa shape index (κ1) is 9.67. The van der Waals surface area contributed by atoms with Gasteiger partial charge >= 0.3 is 0 Å². The third-order valence-corrected chi connectivity index (χ3v) is 1.39. The predicted molar refractivity (Wildman–Crippen MR) is 50.5 cm³/mol. The summed E-state index contributed by atoms with van der Waals surface area (Å²) < 4.78 is 0. The number of anilines is 1. The standard InChI is InChI=1S/C8H8ClN3O/c1-2-3-7(13)12-8-10-5-4-6(9)11-8/h2-5H,1H3,(H,10,11,12,13)/b3-2+. The summed E-state index contributed by atoms with van der Waals surface area (Å²) in [6.07, 6.45) is 4.48. The van der Waals surface area contributed by atoms with Crippen LogP contribution in [0.15, 0.2) is 24.4 Å². The maximum Gasteiger partial charge on any atom is 0.250 e. The Bertz CT molecular complexity index is 338. The maximum absolute atomic E-state index is 11.0. The highest BCUT2D eigenvalue weighted by atomic mass is 35.5. The number of nitrogens with one attached hydrogen (secondary N) is 1. The highest BCUT2D eigenvalue weighted by molar-refractivity contribution is 6.29. The number of aromatic nitrogens is 2. The zero-order valence-electron chi connectivity index (χ0n) is 6.99. The molecule has 0 saturated heterocycles. The number of hydrogen-bond acceptors (Lipinski definition) is 3. The predicted octanol–water partition coefficient (Wildman–Crippen LogP) is 1.64. The Balaban J connectivity index is 2.69. The molecule has 1 amide bonds. The Kier molecular flexibility index (Phi) is 3.40. The molecule has 1 aromatic rings. The van der Waals surface area contributed by atoms with E-state index in [0.29, 0.717) is 5.15 Å². The molecule has 0 aliphatic rings. The second kappa shape index (κ2) is 4.57. The van der Waals surface area contributed by atoms with E-state index in [4.69, 9.17) is 11.6 Å². The SMILES string of the molecule is C/C=C/C(=O)Nc1nccc(Cl)n1. The van der Waals surface area contributed by atoms with Crippen molar-refractivity contribution in [2.24, 2.45) is 0 Å². The van der Waals surface area contributed by atoms with E-state index in [1.54, 1.807) is 13.0 Å². The van der Waals surface area contributed by atoms with E-state index in [-0.39, 0.29) is 11.9 Å². The van der Waals surface area contributed by atoms with Crippen molar-refractivity contribution < 1.29 is 4.79 Å². The lowest BCUT2D eigenvalue weighted by molar-refractivity contribution is -0.111. The topological polar surface area (TPSA) is 54.9 Å². The van der Waals surface area contributed by atoms with Crippen LogP contribution in [0.2, 0.25) is 5.15 Å². The van der Waals surface area contributed by atoms with Crippen molar-refractivity contribution in [2.75, 3.05) is 5.32 Å². The van der Waals surface area contributed by atoms with Crippen molar-refractivity contribution in [1.29, 1.82) is 0 Å². The molecule has 0 radical (unpaired) electrons. The summed E-state index contributed by atoms with van der Waals surface area (Å²) in [7, 11) is 0. The Hall–Kier alpha value is -1.42. The summed E-state index contributed by atoms with van der Waals surface area (Å²) in [6.45, 7) is 1.75. The van der Waals surface area contributed by atoms with Gasteiger partial charge in [-0.3, -0.25) is 10.1 Å². The first-order valence-corrected chi connectivity index (χ1v) is 4.02. The summed E-state index contributed by atoms with van der Waals surface area (Å²) in [6, 6.07) is 1.53. The normalized spacial score (nSPS) is 10.3. The molecule has 68 valence electrons. The molecular weight excluding hydrogens is 190 g/mol. The highest BCUT2D eigenvalue weighted by Gasteiger charge is 1.99. The van der Waals surface area contributed by atoms with Gasteiger partial charge in [0.2, 0.25) is 11.9 Å². The average Bonchev–Trinajstić information content (AvgIpc) is 2.04. The molecule has 0 aliphatic carbocycles. The van der Waals surface area contributed by atoms with Gasteiger partial charge in [0, 0.05) is 6.20 Å². The van der Waals surface area contributed by atoms with Gasteiger partial charge in [0.05, 0.1) is 0 Å². The van der Waals surface area contributed by atoms with Crippen molar-refractivity contribution in [3.63, 3.8) is 0 Å². The average molecular weight is 198 g/mol. The van der Waals surface area contributed by atoms with Crippen LogP contribution in [0.4, 0.5) is 5.95 Å². The van der Waals surface area contributed by atoms with E-state index >= 15 is 0 Å². The van der Waals surface area contributed by atoms with Gasteiger partial charge in [-0.15, -0.1) is 0 Å². The summed E-state index contributed by atoms with van der Waals surface area (Å²) in [4.78, 5) is 18.6. The van der Waals surface area contributed by atoms with Gasteiger partial charge in [-0.1, -0.05) is 17.7 Å². The van der Waals surface area contributed by atoms with E-state index in [1.165, 1.54) is 18.3 Å². The van der Waals surface area contributed by atoms with Gasteiger partial charge in [-0.05, 0) is 19.1 Å². The van der Waals surface area contributed by atoms with Crippen LogP contribution in [-0.4, -0.2) is 15.9 Å². The summed E-state index contributed by atoms with van der Waals surface area (Å²) >= 11 is 5.58. The van der Waals surface area contributed by atoms with Crippen molar-refractivity contribution >= 4 is 23.5 Å². The summed E-state index contributed by atoms with van der Waals surface area (Å²) in [5.41, 5.74) is 0. The number of rotatable bonds is 2. The van der Waals surface area contributed by atoms with Crippen LogP contribution in [0.25, 0.3) is 0 Å². The third-order valence-electron chi connectivity index (χ3n) is 1.17. The Morgan fingerprint density at radius 1 is 1.69 bits per heavy atom. The van der Waals surface area contributed by atoms with E-state index in [0.717, 1.165) is 0 Å². The van der Waals surface area contributed by atoms with Crippen molar-refractivity contribution in [3.05, 3.63) is 29.6 Å². The number of amides is 1. The fourth-order valence-electron chi connectivity index (χ4n) is 0.700. The van der Waals surface area contributed by atoms with Gasteiger partial charge in [0.1, 0.15) is 5.15 Å². The minimum Gasteiger partial charge on any atom is -0.291 e. The second-order valence-corrected chi connectivity index (χ2v) is 2.58. The molecule has 0 fully saturated rings. The zero-order chi connectivity index (χ0) is 9.68. The van der Waals surface area contributed by atoms with Crippen LogP contribution in [0.1, 0.15) is 6.92 Å². The lowest BCUT2D eigenvalue weighted by atomic mass is 10.5. The molecule has 4 nitrogen and oxygen atoms in total. The van der Waals surface area contributed by atoms with Crippen LogP contribution < -0.4 is 5.32 Å². The van der Waals surface area contributed by atoms with Crippen molar-refractivity contribution in [1.82, 2.24) is 9.97 Å². The maximum atomic E-state index is 11.0. The fraction of sp³-hybridized carbons (Fsp3) is 0.125. The highest BCUT2D eigenvalue weighted by Crippen LogP contribution is 2.05. The molecule has 5 heteroatoms. The van der Waals surface area contributed by atoms with Gasteiger partial charge < -0.3 is 0 Å². The molecule has 0 aliphatic heterocycles. The number of halogens is 1. The molecule has 0 spiro atoms. The zero-order valence-corrected chi connectivity index (χ0v) is 7.75. The Labute approximate surface area is 80.7 Å². The Morgan fingerprint density at radius 3 is 3.08 bits per heavy atom. The van der Waals surface area contributed by atoms with Crippen LogP contribution in [-0.2, 0) is 4.79 Å². The quantitative estimate of drug-likeness (QED) is 0.579. The molecule has 1 heterocycles. The number of hydrogen-bond donors (Lipinski definition) is 1. The van der Waals surface area contributed by atoms with E-state index < -0.39 is 0 Å². The number of allylic oxidation sites excluding steroid dienone is 1. The van der Waals surface area contributed by atoms with Crippen molar-refractivity contribution in [3.8, 4) is 0 Å². The lowest BCUT2D eigenvalue weighted by Gasteiger charge is -1.98. The molecule has 0 saturated carbocycles. The van der Waals surface area contributed by atoms with Crippen LogP contribution in [0.5, 0.6) is 0 Å². The minimum absolute atomic E-state index is 0.204. The Morgan fingerprint density at radius 2 is 2.46 bits per heavy atom. The molecule has 0 atom stereocenters. The monoisotopic (exact) mass is 197 g/mol. The molecule has 0 unspecified atom stereocenters. The number of nitrogens with zero attached hydrogens (tertiary/aromatic N) is 2. The molecule has 1 aromatic heterocycles. The molecular formula is C8H8ClN3O.